The standard InChI is InChI=1S/C11H14BrFO3S/c1-17(14,15)4-2-3-16-11-6-9(8-12)5-10(13)7-11/h5-7H,2-4,8H2,1H3. The van der Waals surface area contributed by atoms with Crippen LogP contribution in [-0.2, 0) is 15.2 Å². The number of rotatable bonds is 6. The first-order valence-corrected chi connectivity index (χ1v) is 8.25. The predicted molar refractivity (Wildman–Crippen MR) is 68.9 cm³/mol. The van der Waals surface area contributed by atoms with Crippen molar-refractivity contribution in [2.75, 3.05) is 18.6 Å². The van der Waals surface area contributed by atoms with Gasteiger partial charge in [-0.05, 0) is 24.1 Å². The fraction of sp³-hybridized carbons (Fsp3) is 0.455. The Balaban J connectivity index is 2.49. The molecule has 0 aromatic heterocycles. The van der Waals surface area contributed by atoms with Crippen LogP contribution in [0.5, 0.6) is 5.75 Å². The molecule has 17 heavy (non-hydrogen) atoms. The molecule has 0 amide bonds. The van der Waals surface area contributed by atoms with E-state index >= 15 is 0 Å². The minimum absolute atomic E-state index is 0.0770. The maximum atomic E-state index is 13.1. The first-order valence-electron chi connectivity index (χ1n) is 5.06. The van der Waals surface area contributed by atoms with Crippen LogP contribution in [0.3, 0.4) is 0 Å². The molecule has 0 saturated heterocycles. The number of sulfone groups is 1. The second kappa shape index (κ2) is 6.35. The number of ether oxygens (including phenoxy) is 1. The number of hydrogen-bond donors (Lipinski definition) is 0. The molecule has 0 atom stereocenters. The zero-order valence-electron chi connectivity index (χ0n) is 9.45. The summed E-state index contributed by atoms with van der Waals surface area (Å²) in [4.78, 5) is 0. The third kappa shape index (κ3) is 6.02. The SMILES string of the molecule is CS(=O)(=O)CCCOc1cc(F)cc(CBr)c1. The van der Waals surface area contributed by atoms with E-state index in [0.717, 1.165) is 5.56 Å². The maximum absolute atomic E-state index is 13.1. The lowest BCUT2D eigenvalue weighted by atomic mass is 10.2. The Morgan fingerprint density at radius 3 is 2.65 bits per heavy atom. The van der Waals surface area contributed by atoms with Crippen LogP contribution < -0.4 is 4.74 Å². The average molecular weight is 325 g/mol. The lowest BCUT2D eigenvalue weighted by Crippen LogP contribution is -2.08. The molecule has 1 rings (SSSR count). The topological polar surface area (TPSA) is 43.4 Å². The fourth-order valence-corrected chi connectivity index (χ4v) is 2.26. The van der Waals surface area contributed by atoms with E-state index in [1.165, 1.54) is 18.4 Å². The molecular weight excluding hydrogens is 311 g/mol. The Hall–Kier alpha value is -0.620. The summed E-state index contributed by atoms with van der Waals surface area (Å²) in [5.74, 6) is 0.140. The van der Waals surface area contributed by atoms with E-state index in [9.17, 15) is 12.8 Å². The summed E-state index contributed by atoms with van der Waals surface area (Å²) < 4.78 is 40.2. The van der Waals surface area contributed by atoms with Crippen LogP contribution in [0, 0.1) is 5.82 Å². The van der Waals surface area contributed by atoms with E-state index in [2.05, 4.69) is 15.9 Å². The van der Waals surface area contributed by atoms with Gasteiger partial charge in [-0.3, -0.25) is 0 Å². The van der Waals surface area contributed by atoms with Crippen molar-refractivity contribution in [3.8, 4) is 5.75 Å². The zero-order chi connectivity index (χ0) is 12.9. The van der Waals surface area contributed by atoms with E-state index in [1.807, 2.05) is 0 Å². The summed E-state index contributed by atoms with van der Waals surface area (Å²) in [6.07, 6.45) is 1.58. The third-order valence-corrected chi connectivity index (χ3v) is 3.69. The molecule has 1 aromatic carbocycles. The average Bonchev–Trinajstić information content (AvgIpc) is 2.22. The van der Waals surface area contributed by atoms with Gasteiger partial charge in [0.2, 0.25) is 0 Å². The van der Waals surface area contributed by atoms with Crippen molar-refractivity contribution in [2.24, 2.45) is 0 Å². The molecule has 0 unspecified atom stereocenters. The summed E-state index contributed by atoms with van der Waals surface area (Å²) in [6, 6.07) is 4.42. The van der Waals surface area contributed by atoms with Crippen LogP contribution in [-0.4, -0.2) is 27.0 Å². The highest BCUT2D eigenvalue weighted by atomic mass is 79.9. The molecule has 0 aliphatic heterocycles. The Bertz CT molecular complexity index is 474. The van der Waals surface area contributed by atoms with Gasteiger partial charge in [0.15, 0.2) is 0 Å². The minimum atomic E-state index is -2.96. The minimum Gasteiger partial charge on any atom is -0.493 e. The Labute approximate surface area is 109 Å². The monoisotopic (exact) mass is 324 g/mol. The van der Waals surface area contributed by atoms with E-state index in [4.69, 9.17) is 4.74 Å². The lowest BCUT2D eigenvalue weighted by molar-refractivity contribution is 0.316. The summed E-state index contributed by atoms with van der Waals surface area (Å²) in [7, 11) is -2.96. The first kappa shape index (κ1) is 14.4. The second-order valence-corrected chi connectivity index (χ2v) is 6.58. The van der Waals surface area contributed by atoms with Crippen molar-refractivity contribution >= 4 is 25.8 Å². The summed E-state index contributed by atoms with van der Waals surface area (Å²) in [6.45, 7) is 0.262. The summed E-state index contributed by atoms with van der Waals surface area (Å²) in [5, 5.41) is 0.546. The van der Waals surface area contributed by atoms with Gasteiger partial charge in [0.25, 0.3) is 0 Å². The predicted octanol–water partition coefficient (Wildman–Crippen LogP) is 2.53. The van der Waals surface area contributed by atoms with Crippen LogP contribution >= 0.6 is 15.9 Å². The molecule has 0 saturated carbocycles. The van der Waals surface area contributed by atoms with E-state index in [-0.39, 0.29) is 18.2 Å². The van der Waals surface area contributed by atoms with Crippen molar-refractivity contribution in [3.05, 3.63) is 29.6 Å². The van der Waals surface area contributed by atoms with Crippen LogP contribution in [0.2, 0.25) is 0 Å². The molecule has 0 fully saturated rings. The van der Waals surface area contributed by atoms with E-state index in [0.29, 0.717) is 17.5 Å². The molecule has 6 heteroatoms. The molecule has 0 N–H and O–H groups in total. The Kier molecular flexibility index (Phi) is 5.39. The number of benzene rings is 1. The second-order valence-electron chi connectivity index (χ2n) is 3.76. The first-order chi connectivity index (χ1) is 7.90. The molecule has 0 bridgehead atoms. The molecular formula is C11H14BrFO3S. The maximum Gasteiger partial charge on any atom is 0.147 e. The summed E-state index contributed by atoms with van der Waals surface area (Å²) >= 11 is 3.23. The van der Waals surface area contributed by atoms with Gasteiger partial charge in [-0.1, -0.05) is 15.9 Å². The quantitative estimate of drug-likeness (QED) is 0.596. The van der Waals surface area contributed by atoms with E-state index < -0.39 is 9.84 Å². The van der Waals surface area contributed by atoms with Crippen LogP contribution in [0.25, 0.3) is 0 Å². The smallest absolute Gasteiger partial charge is 0.147 e. The largest absolute Gasteiger partial charge is 0.493 e. The van der Waals surface area contributed by atoms with Crippen molar-refractivity contribution in [2.45, 2.75) is 11.8 Å². The molecule has 0 radical (unpaired) electrons. The van der Waals surface area contributed by atoms with Crippen LogP contribution in [0.15, 0.2) is 18.2 Å². The molecule has 0 spiro atoms. The molecule has 96 valence electrons. The van der Waals surface area contributed by atoms with Gasteiger partial charge in [0.05, 0.1) is 12.4 Å². The number of halogens is 2. The van der Waals surface area contributed by atoms with Gasteiger partial charge in [0.1, 0.15) is 21.4 Å². The normalized spacial score (nSPS) is 11.5. The molecule has 1 aromatic rings. The van der Waals surface area contributed by atoms with Gasteiger partial charge in [-0.2, -0.15) is 0 Å². The van der Waals surface area contributed by atoms with Crippen molar-refractivity contribution in [3.63, 3.8) is 0 Å². The van der Waals surface area contributed by atoms with Gasteiger partial charge in [-0.15, -0.1) is 0 Å². The van der Waals surface area contributed by atoms with Gasteiger partial charge >= 0.3 is 0 Å². The number of hydrogen-bond acceptors (Lipinski definition) is 3. The van der Waals surface area contributed by atoms with Gasteiger partial charge in [0, 0.05) is 17.7 Å². The van der Waals surface area contributed by atoms with Crippen LogP contribution in [0.4, 0.5) is 4.39 Å². The van der Waals surface area contributed by atoms with Crippen molar-refractivity contribution < 1.29 is 17.5 Å². The number of alkyl halides is 1. The van der Waals surface area contributed by atoms with Gasteiger partial charge in [-0.25, -0.2) is 12.8 Å². The molecule has 0 aliphatic rings. The fourth-order valence-electron chi connectivity index (χ4n) is 1.29. The molecule has 3 nitrogen and oxygen atoms in total. The van der Waals surface area contributed by atoms with Crippen molar-refractivity contribution in [1.82, 2.24) is 0 Å². The van der Waals surface area contributed by atoms with Crippen molar-refractivity contribution in [1.29, 1.82) is 0 Å². The van der Waals surface area contributed by atoms with Crippen LogP contribution in [0.1, 0.15) is 12.0 Å². The highest BCUT2D eigenvalue weighted by Crippen LogP contribution is 2.18. The zero-order valence-corrected chi connectivity index (χ0v) is 11.9. The third-order valence-electron chi connectivity index (χ3n) is 2.01. The lowest BCUT2D eigenvalue weighted by Gasteiger charge is -2.07. The highest BCUT2D eigenvalue weighted by molar-refractivity contribution is 9.08. The summed E-state index contributed by atoms with van der Waals surface area (Å²) in [5.41, 5.74) is 0.781. The Morgan fingerprint density at radius 1 is 1.35 bits per heavy atom. The van der Waals surface area contributed by atoms with Gasteiger partial charge < -0.3 is 4.74 Å². The molecule has 0 aliphatic carbocycles. The highest BCUT2D eigenvalue weighted by Gasteiger charge is 2.04. The Morgan fingerprint density at radius 2 is 2.06 bits per heavy atom. The molecule has 0 heterocycles. The van der Waals surface area contributed by atoms with E-state index in [1.54, 1.807) is 6.07 Å².